The number of phenols is 1. The van der Waals surface area contributed by atoms with E-state index in [0.717, 1.165) is 17.7 Å². The first kappa shape index (κ1) is 11.5. The topological polar surface area (TPSA) is 49.3 Å². The number of hydrogen-bond donors (Lipinski definition) is 2. The molecule has 2 aromatic rings. The molecule has 0 aromatic heterocycles. The van der Waals surface area contributed by atoms with Crippen LogP contribution in [0.5, 0.6) is 5.75 Å². The van der Waals surface area contributed by atoms with Crippen LogP contribution < -0.4 is 5.32 Å². The van der Waals surface area contributed by atoms with Crippen molar-refractivity contribution in [2.24, 2.45) is 0 Å². The molecule has 0 atom stereocenters. The highest BCUT2D eigenvalue weighted by Gasteiger charge is 2.23. The zero-order chi connectivity index (χ0) is 13.2. The first-order valence-corrected chi connectivity index (χ1v) is 6.13. The summed E-state index contributed by atoms with van der Waals surface area (Å²) in [6.07, 6.45) is 2.76. The molecule has 3 rings (SSSR count). The Morgan fingerprint density at radius 2 is 1.84 bits per heavy atom. The van der Waals surface area contributed by atoms with E-state index in [9.17, 15) is 9.90 Å². The Kier molecular flexibility index (Phi) is 2.80. The molecule has 0 aliphatic carbocycles. The predicted molar refractivity (Wildman–Crippen MR) is 73.7 cm³/mol. The van der Waals surface area contributed by atoms with Gasteiger partial charge in [0, 0.05) is 11.3 Å². The minimum absolute atomic E-state index is 0.109. The molecule has 1 heterocycles. The Bertz CT molecular complexity index is 660. The van der Waals surface area contributed by atoms with Crippen LogP contribution in [0.4, 0.5) is 0 Å². The van der Waals surface area contributed by atoms with Gasteiger partial charge in [-0.15, -0.1) is 0 Å². The number of fused-ring (bicyclic) bond motifs is 1. The summed E-state index contributed by atoms with van der Waals surface area (Å²) in [5.74, 6) is -0.0524. The van der Waals surface area contributed by atoms with Crippen molar-refractivity contribution in [3.8, 4) is 5.75 Å². The predicted octanol–water partition coefficient (Wildman–Crippen LogP) is 2.72. The smallest absolute Gasteiger partial charge is 0.256 e. The Hall–Kier alpha value is -2.55. The fourth-order valence-corrected chi connectivity index (χ4v) is 2.21. The second-order valence-electron chi connectivity index (χ2n) is 4.49. The molecule has 0 fully saturated rings. The molecule has 2 N–H and O–H groups in total. The number of nitrogens with one attached hydrogen (secondary N) is 1. The number of carbonyl (C=O) groups excluding carboxylic acids is 1. The van der Waals surface area contributed by atoms with Crippen molar-refractivity contribution in [1.29, 1.82) is 0 Å². The van der Waals surface area contributed by atoms with Gasteiger partial charge in [-0.2, -0.15) is 0 Å². The Morgan fingerprint density at radius 3 is 2.63 bits per heavy atom. The fourth-order valence-electron chi connectivity index (χ4n) is 2.21. The molecule has 1 aliphatic rings. The van der Waals surface area contributed by atoms with Crippen LogP contribution in [0.3, 0.4) is 0 Å². The van der Waals surface area contributed by atoms with Crippen molar-refractivity contribution in [2.75, 3.05) is 0 Å². The van der Waals surface area contributed by atoms with E-state index in [2.05, 4.69) is 5.32 Å². The summed E-state index contributed by atoms with van der Waals surface area (Å²) in [5.41, 5.74) is 3.37. The van der Waals surface area contributed by atoms with Crippen molar-refractivity contribution in [1.82, 2.24) is 5.32 Å². The lowest BCUT2D eigenvalue weighted by atomic mass is 10.1. The van der Waals surface area contributed by atoms with Crippen molar-refractivity contribution in [3.63, 3.8) is 0 Å². The summed E-state index contributed by atoms with van der Waals surface area (Å²) in [6.45, 7) is 0. The summed E-state index contributed by atoms with van der Waals surface area (Å²) in [4.78, 5) is 11.8. The molecule has 1 amide bonds. The number of rotatable bonds is 2. The number of benzene rings is 2. The van der Waals surface area contributed by atoms with E-state index in [1.807, 2.05) is 36.4 Å². The van der Waals surface area contributed by atoms with Crippen LogP contribution in [0.2, 0.25) is 0 Å². The van der Waals surface area contributed by atoms with Gasteiger partial charge in [-0.1, -0.05) is 36.4 Å². The normalized spacial score (nSPS) is 15.4. The molecule has 94 valence electrons. The highest BCUT2D eigenvalue weighted by Crippen LogP contribution is 2.27. The lowest BCUT2D eigenvalue weighted by Crippen LogP contribution is -2.12. The summed E-state index contributed by atoms with van der Waals surface area (Å²) < 4.78 is 0. The van der Waals surface area contributed by atoms with Gasteiger partial charge in [0.1, 0.15) is 5.75 Å². The van der Waals surface area contributed by atoms with Gasteiger partial charge < -0.3 is 10.4 Å². The van der Waals surface area contributed by atoms with E-state index < -0.39 is 0 Å². The maximum atomic E-state index is 11.8. The lowest BCUT2D eigenvalue weighted by molar-refractivity contribution is 0.0980. The van der Waals surface area contributed by atoms with Crippen molar-refractivity contribution >= 4 is 11.6 Å². The molecule has 1 aliphatic heterocycles. The van der Waals surface area contributed by atoms with Gasteiger partial charge in [-0.05, 0) is 30.2 Å². The molecule has 0 spiro atoms. The average Bonchev–Trinajstić information content (AvgIpc) is 2.74. The Morgan fingerprint density at radius 1 is 1.05 bits per heavy atom. The number of phenolic OH excluding ortho intramolecular Hbond substituents is 1. The SMILES string of the molecule is O=C1N/C(=C\Cc2ccccc2)c2ccc(O)cc21. The third-order valence-corrected chi connectivity index (χ3v) is 3.17. The van der Waals surface area contributed by atoms with Gasteiger partial charge in [-0.3, -0.25) is 4.79 Å². The number of carbonyl (C=O) groups is 1. The molecule has 19 heavy (non-hydrogen) atoms. The van der Waals surface area contributed by atoms with Crippen LogP contribution in [0.1, 0.15) is 21.5 Å². The average molecular weight is 251 g/mol. The highest BCUT2D eigenvalue weighted by molar-refractivity contribution is 6.09. The van der Waals surface area contributed by atoms with Crippen LogP contribution in [-0.2, 0) is 6.42 Å². The van der Waals surface area contributed by atoms with Gasteiger partial charge in [0.05, 0.1) is 5.56 Å². The van der Waals surface area contributed by atoms with Gasteiger partial charge in [0.25, 0.3) is 5.91 Å². The summed E-state index contributed by atoms with van der Waals surface area (Å²) in [5, 5.41) is 12.2. The number of hydrogen-bond acceptors (Lipinski definition) is 2. The minimum Gasteiger partial charge on any atom is -0.508 e. The van der Waals surface area contributed by atoms with Gasteiger partial charge >= 0.3 is 0 Å². The summed E-state index contributed by atoms with van der Waals surface area (Å²) in [7, 11) is 0. The third-order valence-electron chi connectivity index (χ3n) is 3.17. The maximum absolute atomic E-state index is 11.8. The molecule has 3 heteroatoms. The monoisotopic (exact) mass is 251 g/mol. The van der Waals surface area contributed by atoms with E-state index in [4.69, 9.17) is 0 Å². The number of aromatic hydroxyl groups is 1. The van der Waals surface area contributed by atoms with E-state index in [1.165, 1.54) is 11.6 Å². The molecule has 0 unspecified atom stereocenters. The molecule has 3 nitrogen and oxygen atoms in total. The Labute approximate surface area is 111 Å². The van der Waals surface area contributed by atoms with Crippen LogP contribution >= 0.6 is 0 Å². The third kappa shape index (κ3) is 2.22. The first-order valence-electron chi connectivity index (χ1n) is 6.13. The van der Waals surface area contributed by atoms with Crippen LogP contribution in [0.15, 0.2) is 54.6 Å². The quantitative estimate of drug-likeness (QED) is 0.862. The van der Waals surface area contributed by atoms with E-state index in [0.29, 0.717) is 5.56 Å². The zero-order valence-electron chi connectivity index (χ0n) is 10.3. The highest BCUT2D eigenvalue weighted by atomic mass is 16.3. The summed E-state index contributed by atoms with van der Waals surface area (Å²) >= 11 is 0. The van der Waals surface area contributed by atoms with Gasteiger partial charge in [0.2, 0.25) is 0 Å². The molecular formula is C16H13NO2. The largest absolute Gasteiger partial charge is 0.508 e. The molecule has 0 radical (unpaired) electrons. The second kappa shape index (κ2) is 4.61. The molecule has 0 saturated heterocycles. The lowest BCUT2D eigenvalue weighted by Gasteiger charge is -2.01. The maximum Gasteiger partial charge on any atom is 0.256 e. The van der Waals surface area contributed by atoms with E-state index in [1.54, 1.807) is 12.1 Å². The van der Waals surface area contributed by atoms with Crippen molar-refractivity contribution < 1.29 is 9.90 Å². The zero-order valence-corrected chi connectivity index (χ0v) is 10.3. The van der Waals surface area contributed by atoms with Crippen LogP contribution in [0.25, 0.3) is 5.70 Å². The van der Waals surface area contributed by atoms with Crippen LogP contribution in [0, 0.1) is 0 Å². The standard InChI is InChI=1S/C16H13NO2/c18-12-7-8-13-14(10-12)16(19)17-15(13)9-6-11-4-2-1-3-5-11/h1-5,7-10,18H,6H2,(H,17,19)/b15-9-. The number of allylic oxidation sites excluding steroid dienone is 1. The van der Waals surface area contributed by atoms with Crippen LogP contribution in [-0.4, -0.2) is 11.0 Å². The van der Waals surface area contributed by atoms with E-state index in [-0.39, 0.29) is 11.7 Å². The van der Waals surface area contributed by atoms with Gasteiger partial charge in [-0.25, -0.2) is 0 Å². The van der Waals surface area contributed by atoms with Gasteiger partial charge in [0.15, 0.2) is 0 Å². The van der Waals surface area contributed by atoms with Crippen molar-refractivity contribution in [2.45, 2.75) is 6.42 Å². The molecular weight excluding hydrogens is 238 g/mol. The fraction of sp³-hybridized carbons (Fsp3) is 0.0625. The minimum atomic E-state index is -0.162. The molecule has 2 aromatic carbocycles. The second-order valence-corrected chi connectivity index (χ2v) is 4.49. The molecule has 0 saturated carbocycles. The number of amides is 1. The molecule has 0 bridgehead atoms. The van der Waals surface area contributed by atoms with Crippen molar-refractivity contribution in [3.05, 3.63) is 71.3 Å². The summed E-state index contributed by atoms with van der Waals surface area (Å²) in [6, 6.07) is 14.9. The Balaban J connectivity index is 1.90. The first-order chi connectivity index (χ1) is 9.24. The van der Waals surface area contributed by atoms with E-state index >= 15 is 0 Å².